The van der Waals surface area contributed by atoms with Crippen molar-refractivity contribution in [3.05, 3.63) is 52.2 Å². The van der Waals surface area contributed by atoms with Crippen LogP contribution in [0.3, 0.4) is 0 Å². The molecule has 0 fully saturated rings. The normalized spacial score (nSPS) is 15.9. The molecule has 0 radical (unpaired) electrons. The summed E-state index contributed by atoms with van der Waals surface area (Å²) in [6, 6.07) is 11.4. The van der Waals surface area contributed by atoms with Gasteiger partial charge in [0.2, 0.25) is 5.91 Å². The van der Waals surface area contributed by atoms with E-state index in [0.29, 0.717) is 19.6 Å². The molecular formula is C21H25N3O4S. The van der Waals surface area contributed by atoms with E-state index in [-0.39, 0.29) is 24.4 Å². The summed E-state index contributed by atoms with van der Waals surface area (Å²) in [5.41, 5.74) is 1.85. The fraction of sp³-hybridized carbons (Fsp3) is 0.381. The van der Waals surface area contributed by atoms with Crippen molar-refractivity contribution in [1.29, 1.82) is 0 Å². The van der Waals surface area contributed by atoms with Gasteiger partial charge in [-0.05, 0) is 29.1 Å². The molecule has 0 unspecified atom stereocenters. The van der Waals surface area contributed by atoms with Gasteiger partial charge in [-0.15, -0.1) is 11.3 Å². The van der Waals surface area contributed by atoms with Gasteiger partial charge in [-0.2, -0.15) is 5.10 Å². The lowest BCUT2D eigenvalue weighted by Gasteiger charge is -2.26. The Morgan fingerprint density at radius 3 is 2.59 bits per heavy atom. The van der Waals surface area contributed by atoms with E-state index in [2.05, 4.69) is 5.10 Å². The van der Waals surface area contributed by atoms with E-state index in [1.54, 1.807) is 25.6 Å². The summed E-state index contributed by atoms with van der Waals surface area (Å²) in [4.78, 5) is 27.6. The first kappa shape index (κ1) is 21.0. The summed E-state index contributed by atoms with van der Waals surface area (Å²) in [6.45, 7) is 2.15. The smallest absolute Gasteiger partial charge is 0.262 e. The molecule has 1 aliphatic heterocycles. The Bertz CT molecular complexity index is 865. The second kappa shape index (κ2) is 9.67. The molecule has 0 bridgehead atoms. The molecule has 1 aliphatic rings. The van der Waals surface area contributed by atoms with Crippen molar-refractivity contribution in [1.82, 2.24) is 9.91 Å². The zero-order valence-electron chi connectivity index (χ0n) is 16.8. The second-order valence-electron chi connectivity index (χ2n) is 6.69. The number of hydrazone groups is 1. The molecule has 0 N–H and O–H groups in total. The molecule has 2 heterocycles. The minimum absolute atomic E-state index is 0.0352. The van der Waals surface area contributed by atoms with Gasteiger partial charge in [-0.25, -0.2) is 5.01 Å². The van der Waals surface area contributed by atoms with Gasteiger partial charge >= 0.3 is 0 Å². The third-order valence-electron chi connectivity index (χ3n) is 4.81. The Balaban J connectivity index is 1.85. The van der Waals surface area contributed by atoms with Crippen molar-refractivity contribution >= 4 is 28.9 Å². The molecule has 0 spiro atoms. The lowest BCUT2D eigenvalue weighted by molar-refractivity contribution is -0.141. The van der Waals surface area contributed by atoms with Crippen LogP contribution in [0.4, 0.5) is 0 Å². The van der Waals surface area contributed by atoms with Crippen LogP contribution in [0, 0.1) is 0 Å². The minimum atomic E-state index is -0.221. The summed E-state index contributed by atoms with van der Waals surface area (Å²) in [6.07, 6.45) is 0.622. The number of methoxy groups -OCH3 is 2. The monoisotopic (exact) mass is 415 g/mol. The SMILES string of the molecule is COCCN(CC(=O)N1N=C(c2cccs2)C[C@@H]1c1ccc(OC)cc1)C(C)=O. The standard InChI is InChI=1S/C21H25N3O4S/c1-15(25)23(10-11-27-2)14-21(26)24-19(16-6-8-17(28-3)9-7-16)13-18(22-24)20-5-4-12-29-20/h4-9,12,19H,10-11,13-14H2,1-3H3/t19-/m1/s1. The number of hydrogen-bond donors (Lipinski definition) is 0. The maximum absolute atomic E-state index is 13.1. The van der Waals surface area contributed by atoms with Crippen molar-refractivity contribution in [2.75, 3.05) is 33.9 Å². The number of hydrogen-bond acceptors (Lipinski definition) is 6. The first-order valence-corrected chi connectivity index (χ1v) is 10.2. The van der Waals surface area contributed by atoms with Crippen LogP contribution in [-0.4, -0.2) is 61.4 Å². The van der Waals surface area contributed by atoms with Gasteiger partial charge in [0.15, 0.2) is 0 Å². The lowest BCUT2D eigenvalue weighted by Crippen LogP contribution is -2.41. The molecule has 1 aromatic carbocycles. The Hall–Kier alpha value is -2.71. The van der Waals surface area contributed by atoms with Crippen LogP contribution in [0.1, 0.15) is 29.8 Å². The molecule has 3 rings (SSSR count). The molecule has 8 heteroatoms. The average molecular weight is 416 g/mol. The molecule has 2 amide bonds. The predicted molar refractivity (Wildman–Crippen MR) is 112 cm³/mol. The summed E-state index contributed by atoms with van der Waals surface area (Å²) in [7, 11) is 3.19. The number of carbonyl (C=O) groups is 2. The fourth-order valence-electron chi connectivity index (χ4n) is 3.20. The topological polar surface area (TPSA) is 71.4 Å². The van der Waals surface area contributed by atoms with Crippen molar-refractivity contribution in [3.63, 3.8) is 0 Å². The molecule has 0 aliphatic carbocycles. The Kier molecular flexibility index (Phi) is 7.00. The highest BCUT2D eigenvalue weighted by atomic mass is 32.1. The average Bonchev–Trinajstić information content (AvgIpc) is 3.40. The number of nitrogens with zero attached hydrogens (tertiary/aromatic N) is 3. The molecule has 154 valence electrons. The van der Waals surface area contributed by atoms with E-state index in [0.717, 1.165) is 21.9 Å². The van der Waals surface area contributed by atoms with Crippen LogP contribution in [0.5, 0.6) is 5.75 Å². The molecule has 0 saturated carbocycles. The number of amides is 2. The van der Waals surface area contributed by atoms with Gasteiger partial charge in [0, 0.05) is 27.0 Å². The van der Waals surface area contributed by atoms with Gasteiger partial charge in [-0.1, -0.05) is 18.2 Å². The van der Waals surface area contributed by atoms with Gasteiger partial charge in [0.05, 0.1) is 30.3 Å². The molecule has 7 nitrogen and oxygen atoms in total. The molecule has 0 saturated heterocycles. The Labute approximate surface area is 174 Å². The third kappa shape index (κ3) is 5.02. The van der Waals surface area contributed by atoms with Crippen LogP contribution >= 0.6 is 11.3 Å². The number of thiophene rings is 1. The Morgan fingerprint density at radius 1 is 1.24 bits per heavy atom. The van der Waals surface area contributed by atoms with E-state index in [1.807, 2.05) is 41.8 Å². The minimum Gasteiger partial charge on any atom is -0.497 e. The zero-order valence-corrected chi connectivity index (χ0v) is 17.6. The first-order chi connectivity index (χ1) is 14.0. The second-order valence-corrected chi connectivity index (χ2v) is 7.64. The number of rotatable bonds is 8. The maximum atomic E-state index is 13.1. The molecule has 2 aromatic rings. The summed E-state index contributed by atoms with van der Waals surface area (Å²) in [5, 5.41) is 8.14. The first-order valence-electron chi connectivity index (χ1n) is 9.35. The zero-order chi connectivity index (χ0) is 20.8. The van der Waals surface area contributed by atoms with Gasteiger partial charge < -0.3 is 14.4 Å². The van der Waals surface area contributed by atoms with E-state index < -0.39 is 0 Å². The fourth-order valence-corrected chi connectivity index (χ4v) is 3.92. The number of benzene rings is 1. The van der Waals surface area contributed by atoms with Crippen molar-refractivity contribution in [3.8, 4) is 5.75 Å². The summed E-state index contributed by atoms with van der Waals surface area (Å²) >= 11 is 1.60. The van der Waals surface area contributed by atoms with Crippen molar-refractivity contribution in [2.45, 2.75) is 19.4 Å². The summed E-state index contributed by atoms with van der Waals surface area (Å²) in [5.74, 6) is 0.369. The van der Waals surface area contributed by atoms with E-state index >= 15 is 0 Å². The Morgan fingerprint density at radius 2 is 2.00 bits per heavy atom. The highest BCUT2D eigenvalue weighted by Gasteiger charge is 2.34. The van der Waals surface area contributed by atoms with E-state index in [4.69, 9.17) is 9.47 Å². The third-order valence-corrected chi connectivity index (χ3v) is 5.73. The molecular weight excluding hydrogens is 390 g/mol. The van der Waals surface area contributed by atoms with Crippen LogP contribution in [0.2, 0.25) is 0 Å². The molecule has 1 aromatic heterocycles. The largest absolute Gasteiger partial charge is 0.497 e. The number of ether oxygens (including phenoxy) is 2. The van der Waals surface area contributed by atoms with Gasteiger partial charge in [-0.3, -0.25) is 9.59 Å². The van der Waals surface area contributed by atoms with Crippen LogP contribution < -0.4 is 4.74 Å². The quantitative estimate of drug-likeness (QED) is 0.665. The highest BCUT2D eigenvalue weighted by molar-refractivity contribution is 7.12. The predicted octanol–water partition coefficient (Wildman–Crippen LogP) is 2.93. The highest BCUT2D eigenvalue weighted by Crippen LogP contribution is 2.34. The number of carbonyl (C=O) groups excluding carboxylic acids is 2. The van der Waals surface area contributed by atoms with E-state index in [1.165, 1.54) is 16.8 Å². The van der Waals surface area contributed by atoms with Gasteiger partial charge in [0.1, 0.15) is 12.3 Å². The van der Waals surface area contributed by atoms with Gasteiger partial charge in [0.25, 0.3) is 5.91 Å². The molecule has 29 heavy (non-hydrogen) atoms. The summed E-state index contributed by atoms with van der Waals surface area (Å²) < 4.78 is 10.3. The van der Waals surface area contributed by atoms with Crippen molar-refractivity contribution < 1.29 is 19.1 Å². The van der Waals surface area contributed by atoms with Crippen molar-refractivity contribution in [2.24, 2.45) is 5.10 Å². The van der Waals surface area contributed by atoms with Crippen LogP contribution in [0.15, 0.2) is 46.9 Å². The van der Waals surface area contributed by atoms with Crippen LogP contribution in [0.25, 0.3) is 0 Å². The van der Waals surface area contributed by atoms with E-state index in [9.17, 15) is 9.59 Å². The molecule has 1 atom stereocenters. The van der Waals surface area contributed by atoms with Crippen LogP contribution in [-0.2, 0) is 14.3 Å². The lowest BCUT2D eigenvalue weighted by atomic mass is 10.0. The maximum Gasteiger partial charge on any atom is 0.262 e.